The highest BCUT2D eigenvalue weighted by Crippen LogP contribution is 2.34. The van der Waals surface area contributed by atoms with Gasteiger partial charge in [0.05, 0.1) is 10.5 Å². The molecule has 0 aliphatic heterocycles. The van der Waals surface area contributed by atoms with E-state index >= 15 is 0 Å². The molecule has 0 aliphatic carbocycles. The first kappa shape index (κ1) is 20.2. The maximum Gasteiger partial charge on any atom is 0.416 e. The number of rotatable bonds is 8. The average Bonchev–Trinajstić information content (AvgIpc) is 2.51. The van der Waals surface area contributed by atoms with Crippen molar-refractivity contribution >= 4 is 23.3 Å². The smallest absolute Gasteiger partial charge is 0.416 e. The number of benzene rings is 1. The van der Waals surface area contributed by atoms with E-state index in [0.29, 0.717) is 12.5 Å². The van der Waals surface area contributed by atoms with Crippen LogP contribution in [0.4, 0.5) is 24.5 Å². The Kier molecular flexibility index (Phi) is 7.15. The van der Waals surface area contributed by atoms with Gasteiger partial charge in [-0.1, -0.05) is 0 Å². The minimum atomic E-state index is -4.67. The van der Waals surface area contributed by atoms with Gasteiger partial charge in [-0.05, 0) is 18.6 Å². The fraction of sp³-hybridized carbons (Fsp3) is 0.429. The number of esters is 1. The molecule has 0 heterocycles. The zero-order valence-electron chi connectivity index (χ0n) is 13.2. The molecule has 0 saturated carbocycles. The number of nitro groups is 1. The predicted molar refractivity (Wildman–Crippen MR) is 80.8 cm³/mol. The number of nitrogens with zero attached hydrogens (tertiary/aromatic N) is 1. The molecule has 0 radical (unpaired) electrons. The maximum atomic E-state index is 12.6. The zero-order chi connectivity index (χ0) is 19.0. The summed E-state index contributed by atoms with van der Waals surface area (Å²) in [7, 11) is 0. The van der Waals surface area contributed by atoms with Crippen LogP contribution in [0.2, 0.25) is 0 Å². The molecule has 138 valence electrons. The van der Waals surface area contributed by atoms with Crippen LogP contribution in [-0.4, -0.2) is 36.5 Å². The van der Waals surface area contributed by atoms with Crippen LogP contribution < -0.4 is 10.6 Å². The lowest BCUT2D eigenvalue weighted by atomic mass is 10.1. The summed E-state index contributed by atoms with van der Waals surface area (Å²) >= 11 is 0. The molecule has 1 amide bonds. The van der Waals surface area contributed by atoms with Gasteiger partial charge in [0.25, 0.3) is 11.6 Å². The monoisotopic (exact) mass is 363 g/mol. The van der Waals surface area contributed by atoms with Gasteiger partial charge in [-0.3, -0.25) is 19.7 Å². The molecule has 2 N–H and O–H groups in total. The van der Waals surface area contributed by atoms with Crippen molar-refractivity contribution < 1.29 is 32.4 Å². The quantitative estimate of drug-likeness (QED) is 0.317. The Bertz CT molecular complexity index is 649. The third kappa shape index (κ3) is 7.06. The van der Waals surface area contributed by atoms with E-state index < -0.39 is 40.8 Å². The SMILES string of the molecule is CC(=O)OCC(=O)NCCCNc1ccc(C(F)(F)F)cc1[N+](=O)[O-]. The summed E-state index contributed by atoms with van der Waals surface area (Å²) in [5, 5.41) is 16.0. The van der Waals surface area contributed by atoms with Gasteiger partial charge in [-0.25, -0.2) is 0 Å². The van der Waals surface area contributed by atoms with Gasteiger partial charge >= 0.3 is 12.1 Å². The van der Waals surface area contributed by atoms with E-state index in [1.54, 1.807) is 0 Å². The van der Waals surface area contributed by atoms with Gasteiger partial charge < -0.3 is 15.4 Å². The molecule has 1 rings (SSSR count). The topological polar surface area (TPSA) is 111 Å². The third-order valence-corrected chi connectivity index (χ3v) is 2.92. The summed E-state index contributed by atoms with van der Waals surface area (Å²) < 4.78 is 42.2. The number of halogens is 3. The summed E-state index contributed by atoms with van der Waals surface area (Å²) in [6.07, 6.45) is -4.32. The largest absolute Gasteiger partial charge is 0.456 e. The average molecular weight is 363 g/mol. The van der Waals surface area contributed by atoms with Gasteiger partial charge in [0.1, 0.15) is 5.69 Å². The minimum Gasteiger partial charge on any atom is -0.456 e. The minimum absolute atomic E-state index is 0.0516. The van der Waals surface area contributed by atoms with Crippen molar-refractivity contribution in [3.8, 4) is 0 Å². The lowest BCUT2D eigenvalue weighted by Crippen LogP contribution is -2.30. The van der Waals surface area contributed by atoms with Crippen LogP contribution in [-0.2, 0) is 20.5 Å². The molecule has 1 aromatic rings. The van der Waals surface area contributed by atoms with Crippen LogP contribution in [0.25, 0.3) is 0 Å². The molecule has 0 aromatic heterocycles. The molecule has 1 aromatic carbocycles. The van der Waals surface area contributed by atoms with Crippen molar-refractivity contribution in [2.24, 2.45) is 0 Å². The number of alkyl halides is 3. The van der Waals surface area contributed by atoms with Crippen LogP contribution in [0.5, 0.6) is 0 Å². The van der Waals surface area contributed by atoms with Gasteiger partial charge in [0, 0.05) is 26.1 Å². The fourth-order valence-corrected chi connectivity index (χ4v) is 1.77. The maximum absolute atomic E-state index is 12.6. The molecule has 0 spiro atoms. The van der Waals surface area contributed by atoms with E-state index in [4.69, 9.17) is 0 Å². The lowest BCUT2D eigenvalue weighted by Gasteiger charge is -2.11. The summed E-state index contributed by atoms with van der Waals surface area (Å²) in [6.45, 7) is 1.13. The number of hydrogen-bond donors (Lipinski definition) is 2. The summed E-state index contributed by atoms with van der Waals surface area (Å²) in [5.74, 6) is -1.10. The molecular weight excluding hydrogens is 347 g/mol. The molecule has 11 heteroatoms. The molecule has 0 aliphatic rings. The van der Waals surface area contributed by atoms with Crippen molar-refractivity contribution in [3.63, 3.8) is 0 Å². The molecule has 0 unspecified atom stereocenters. The number of amides is 1. The van der Waals surface area contributed by atoms with Crippen molar-refractivity contribution in [3.05, 3.63) is 33.9 Å². The van der Waals surface area contributed by atoms with Crippen LogP contribution in [0.1, 0.15) is 18.9 Å². The number of anilines is 1. The Morgan fingerprint density at radius 3 is 2.52 bits per heavy atom. The van der Waals surface area contributed by atoms with Crippen molar-refractivity contribution in [1.82, 2.24) is 5.32 Å². The summed E-state index contributed by atoms with van der Waals surface area (Å²) in [4.78, 5) is 31.8. The zero-order valence-corrected chi connectivity index (χ0v) is 13.2. The molecular formula is C14H16F3N3O5. The molecule has 0 bridgehead atoms. The first-order valence-corrected chi connectivity index (χ1v) is 7.11. The Morgan fingerprint density at radius 2 is 1.96 bits per heavy atom. The van der Waals surface area contributed by atoms with Crippen LogP contribution >= 0.6 is 0 Å². The number of nitro benzene ring substituents is 1. The van der Waals surface area contributed by atoms with Gasteiger partial charge in [-0.2, -0.15) is 13.2 Å². The predicted octanol–water partition coefficient (Wildman–Crippen LogP) is 2.09. The normalized spacial score (nSPS) is 10.9. The first-order chi connectivity index (χ1) is 11.6. The van der Waals surface area contributed by atoms with Gasteiger partial charge in [0.2, 0.25) is 0 Å². The Hall–Kier alpha value is -2.85. The first-order valence-electron chi connectivity index (χ1n) is 7.11. The summed E-state index contributed by atoms with van der Waals surface area (Å²) in [6, 6.07) is 2.19. The number of nitrogens with one attached hydrogen (secondary N) is 2. The lowest BCUT2D eigenvalue weighted by molar-refractivity contribution is -0.384. The van der Waals surface area contributed by atoms with Gasteiger partial charge in [-0.15, -0.1) is 0 Å². The number of hydrogen-bond acceptors (Lipinski definition) is 6. The highest BCUT2D eigenvalue weighted by molar-refractivity contribution is 5.79. The Labute approximate surface area is 140 Å². The highest BCUT2D eigenvalue weighted by atomic mass is 19.4. The van der Waals surface area contributed by atoms with Crippen LogP contribution in [0, 0.1) is 10.1 Å². The molecule has 8 nitrogen and oxygen atoms in total. The second-order valence-electron chi connectivity index (χ2n) is 4.90. The summed E-state index contributed by atoms with van der Waals surface area (Å²) in [5.41, 5.74) is -1.85. The van der Waals surface area contributed by atoms with E-state index in [0.717, 1.165) is 19.1 Å². The van der Waals surface area contributed by atoms with Crippen molar-refractivity contribution in [2.45, 2.75) is 19.5 Å². The second-order valence-corrected chi connectivity index (χ2v) is 4.90. The van der Waals surface area contributed by atoms with Crippen LogP contribution in [0.3, 0.4) is 0 Å². The van der Waals surface area contributed by atoms with E-state index in [-0.39, 0.29) is 18.8 Å². The Morgan fingerprint density at radius 1 is 1.28 bits per heavy atom. The molecule has 0 fully saturated rings. The van der Waals surface area contributed by atoms with Gasteiger partial charge in [0.15, 0.2) is 6.61 Å². The number of ether oxygens (including phenoxy) is 1. The highest BCUT2D eigenvalue weighted by Gasteiger charge is 2.32. The number of carbonyl (C=O) groups is 2. The standard InChI is InChI=1S/C14H16F3N3O5/c1-9(21)25-8-13(22)19-6-2-5-18-11-4-3-10(14(15,16)17)7-12(11)20(23)24/h3-4,7,18H,2,5-6,8H2,1H3,(H,19,22). The molecule has 0 atom stereocenters. The second kappa shape index (κ2) is 8.85. The van der Waals surface area contributed by atoms with Crippen molar-refractivity contribution in [1.29, 1.82) is 0 Å². The number of carbonyl (C=O) groups excluding carboxylic acids is 2. The fourth-order valence-electron chi connectivity index (χ4n) is 1.77. The molecule has 0 saturated heterocycles. The van der Waals surface area contributed by atoms with Crippen LogP contribution in [0.15, 0.2) is 18.2 Å². The Balaban J connectivity index is 2.51. The molecule has 25 heavy (non-hydrogen) atoms. The van der Waals surface area contributed by atoms with Crippen molar-refractivity contribution in [2.75, 3.05) is 25.0 Å². The van der Waals surface area contributed by atoms with E-state index in [1.807, 2.05) is 0 Å². The van der Waals surface area contributed by atoms with E-state index in [2.05, 4.69) is 15.4 Å². The third-order valence-electron chi connectivity index (χ3n) is 2.92. The van der Waals surface area contributed by atoms with E-state index in [9.17, 15) is 32.9 Å². The van der Waals surface area contributed by atoms with E-state index in [1.165, 1.54) is 0 Å².